The van der Waals surface area contributed by atoms with Crippen molar-refractivity contribution < 1.29 is 24.2 Å². The summed E-state index contributed by atoms with van der Waals surface area (Å²) in [5, 5.41) is 14.3. The summed E-state index contributed by atoms with van der Waals surface area (Å²) in [5.41, 5.74) is 0. The second kappa shape index (κ2) is 9.33. The van der Waals surface area contributed by atoms with Crippen LogP contribution in [0.4, 0.5) is 0 Å². The number of nitrogens with one attached hydrogen (secondary N) is 2. The van der Waals surface area contributed by atoms with Crippen molar-refractivity contribution >= 4 is 17.8 Å². The van der Waals surface area contributed by atoms with Gasteiger partial charge in [0.25, 0.3) is 0 Å². The molecule has 2 unspecified atom stereocenters. The van der Waals surface area contributed by atoms with Gasteiger partial charge in [0, 0.05) is 26.4 Å². The average Bonchev–Trinajstić information content (AvgIpc) is 2.89. The quantitative estimate of drug-likeness (QED) is 0.536. The average molecular weight is 300 g/mol. The van der Waals surface area contributed by atoms with E-state index in [0.717, 1.165) is 19.3 Å². The van der Waals surface area contributed by atoms with Gasteiger partial charge in [-0.3, -0.25) is 9.59 Å². The van der Waals surface area contributed by atoms with Crippen LogP contribution in [-0.2, 0) is 19.1 Å². The number of ether oxygens (including phenoxy) is 1. The highest BCUT2D eigenvalue weighted by molar-refractivity contribution is 5.76. The lowest BCUT2D eigenvalue weighted by Gasteiger charge is -2.12. The zero-order valence-electron chi connectivity index (χ0n) is 12.4. The van der Waals surface area contributed by atoms with Crippen molar-refractivity contribution in [2.75, 3.05) is 13.1 Å². The standard InChI is InChI=1S/C14H24N2O5/c1-10(17)15-8-4-2-3-5-13(18)16-9-11-6-7-12(21-11)14(19)20/h11-12H,2-9H2,1H3,(H,15,17)(H,16,18)(H,19,20). The van der Waals surface area contributed by atoms with Gasteiger partial charge in [-0.05, 0) is 25.7 Å². The fourth-order valence-electron chi connectivity index (χ4n) is 2.21. The number of unbranched alkanes of at least 4 members (excludes halogenated alkanes) is 2. The Morgan fingerprint density at radius 3 is 2.52 bits per heavy atom. The topological polar surface area (TPSA) is 105 Å². The van der Waals surface area contributed by atoms with Crippen LogP contribution in [0.1, 0.15) is 45.4 Å². The predicted octanol–water partition coefficient (Wildman–Crippen LogP) is 0.431. The Kier molecular flexibility index (Phi) is 7.74. The minimum atomic E-state index is -0.942. The second-order valence-electron chi connectivity index (χ2n) is 5.26. The Hall–Kier alpha value is -1.63. The first-order valence-corrected chi connectivity index (χ1v) is 7.38. The third kappa shape index (κ3) is 7.65. The van der Waals surface area contributed by atoms with Gasteiger partial charge in [-0.25, -0.2) is 4.79 Å². The summed E-state index contributed by atoms with van der Waals surface area (Å²) in [6.45, 7) is 2.49. The number of carbonyl (C=O) groups excluding carboxylic acids is 2. The van der Waals surface area contributed by atoms with Crippen molar-refractivity contribution in [2.45, 2.75) is 57.7 Å². The van der Waals surface area contributed by atoms with Crippen molar-refractivity contribution in [3.63, 3.8) is 0 Å². The zero-order chi connectivity index (χ0) is 15.7. The molecule has 120 valence electrons. The van der Waals surface area contributed by atoms with Gasteiger partial charge >= 0.3 is 5.97 Å². The molecule has 21 heavy (non-hydrogen) atoms. The molecule has 0 aromatic rings. The van der Waals surface area contributed by atoms with Crippen LogP contribution in [0.5, 0.6) is 0 Å². The Morgan fingerprint density at radius 1 is 1.14 bits per heavy atom. The van der Waals surface area contributed by atoms with E-state index in [1.807, 2.05) is 0 Å². The van der Waals surface area contributed by atoms with Crippen LogP contribution in [0.2, 0.25) is 0 Å². The third-order valence-electron chi connectivity index (χ3n) is 3.36. The van der Waals surface area contributed by atoms with Gasteiger partial charge in [0.1, 0.15) is 0 Å². The highest BCUT2D eigenvalue weighted by Crippen LogP contribution is 2.19. The van der Waals surface area contributed by atoms with Crippen molar-refractivity contribution in [1.82, 2.24) is 10.6 Å². The first-order valence-electron chi connectivity index (χ1n) is 7.38. The highest BCUT2D eigenvalue weighted by atomic mass is 16.5. The number of carboxylic acids is 1. The van der Waals surface area contributed by atoms with Gasteiger partial charge < -0.3 is 20.5 Å². The van der Waals surface area contributed by atoms with E-state index in [4.69, 9.17) is 9.84 Å². The molecule has 0 aromatic carbocycles. The smallest absolute Gasteiger partial charge is 0.332 e. The molecule has 2 atom stereocenters. The van der Waals surface area contributed by atoms with Crippen LogP contribution in [0.3, 0.4) is 0 Å². The molecule has 7 heteroatoms. The Morgan fingerprint density at radius 2 is 1.90 bits per heavy atom. The Labute approximate surface area is 124 Å². The van der Waals surface area contributed by atoms with E-state index in [2.05, 4.69) is 10.6 Å². The van der Waals surface area contributed by atoms with Crippen molar-refractivity contribution in [3.8, 4) is 0 Å². The molecule has 0 radical (unpaired) electrons. The van der Waals surface area contributed by atoms with E-state index in [1.54, 1.807) is 0 Å². The van der Waals surface area contributed by atoms with Crippen LogP contribution >= 0.6 is 0 Å². The number of hydrogen-bond acceptors (Lipinski definition) is 4. The van der Waals surface area contributed by atoms with Crippen molar-refractivity contribution in [1.29, 1.82) is 0 Å². The number of hydrogen-bond donors (Lipinski definition) is 3. The SMILES string of the molecule is CC(=O)NCCCCCC(=O)NCC1CCC(C(=O)O)O1. The normalized spacial score (nSPS) is 21.0. The van der Waals surface area contributed by atoms with Gasteiger partial charge in [-0.2, -0.15) is 0 Å². The third-order valence-corrected chi connectivity index (χ3v) is 3.36. The lowest BCUT2D eigenvalue weighted by atomic mass is 10.1. The van der Waals surface area contributed by atoms with E-state index < -0.39 is 12.1 Å². The Balaban J connectivity index is 1.99. The summed E-state index contributed by atoms with van der Waals surface area (Å²) in [6, 6.07) is 0. The molecule has 1 aliphatic heterocycles. The molecule has 1 saturated heterocycles. The first-order chi connectivity index (χ1) is 9.99. The molecule has 0 aliphatic carbocycles. The molecule has 3 N–H and O–H groups in total. The summed E-state index contributed by atoms with van der Waals surface area (Å²) >= 11 is 0. The molecule has 0 aromatic heterocycles. The van der Waals surface area contributed by atoms with E-state index in [9.17, 15) is 14.4 Å². The molecule has 1 fully saturated rings. The first kappa shape index (κ1) is 17.4. The largest absolute Gasteiger partial charge is 0.479 e. The Bertz CT molecular complexity index is 372. The van der Waals surface area contributed by atoms with Crippen LogP contribution in [-0.4, -0.2) is 48.2 Å². The molecular weight excluding hydrogens is 276 g/mol. The molecule has 2 amide bonds. The van der Waals surface area contributed by atoms with Crippen molar-refractivity contribution in [2.24, 2.45) is 0 Å². The second-order valence-corrected chi connectivity index (χ2v) is 5.26. The molecule has 1 aliphatic rings. The molecule has 7 nitrogen and oxygen atoms in total. The molecule has 0 bridgehead atoms. The minimum Gasteiger partial charge on any atom is -0.479 e. The molecule has 0 saturated carbocycles. The van der Waals surface area contributed by atoms with Crippen LogP contribution in [0.15, 0.2) is 0 Å². The van der Waals surface area contributed by atoms with Crippen LogP contribution in [0.25, 0.3) is 0 Å². The van der Waals surface area contributed by atoms with Gasteiger partial charge in [0.2, 0.25) is 11.8 Å². The molecule has 1 heterocycles. The van der Waals surface area contributed by atoms with Crippen LogP contribution in [0, 0.1) is 0 Å². The lowest BCUT2D eigenvalue weighted by Crippen LogP contribution is -2.33. The maximum absolute atomic E-state index is 11.6. The van der Waals surface area contributed by atoms with E-state index in [0.29, 0.717) is 32.4 Å². The number of rotatable bonds is 9. The summed E-state index contributed by atoms with van der Waals surface area (Å²) in [4.78, 5) is 33.0. The molecular formula is C14H24N2O5. The summed E-state index contributed by atoms with van der Waals surface area (Å²) in [5.74, 6) is -1.02. The van der Waals surface area contributed by atoms with Gasteiger partial charge in [-0.15, -0.1) is 0 Å². The van der Waals surface area contributed by atoms with E-state index >= 15 is 0 Å². The fraction of sp³-hybridized carbons (Fsp3) is 0.786. The van der Waals surface area contributed by atoms with Gasteiger partial charge in [0.05, 0.1) is 6.10 Å². The van der Waals surface area contributed by atoms with Crippen molar-refractivity contribution in [3.05, 3.63) is 0 Å². The summed E-state index contributed by atoms with van der Waals surface area (Å²) in [6.07, 6.45) is 3.18. The lowest BCUT2D eigenvalue weighted by molar-refractivity contribution is -0.149. The van der Waals surface area contributed by atoms with Gasteiger partial charge in [-0.1, -0.05) is 6.42 Å². The maximum atomic E-state index is 11.6. The molecule has 0 spiro atoms. The fourth-order valence-corrected chi connectivity index (χ4v) is 2.21. The predicted molar refractivity (Wildman–Crippen MR) is 75.7 cm³/mol. The van der Waals surface area contributed by atoms with Crippen LogP contribution < -0.4 is 10.6 Å². The number of aliphatic carboxylic acids is 1. The summed E-state index contributed by atoms with van der Waals surface area (Å²) < 4.78 is 5.30. The van der Waals surface area contributed by atoms with E-state index in [1.165, 1.54) is 6.92 Å². The van der Waals surface area contributed by atoms with Gasteiger partial charge in [0.15, 0.2) is 6.10 Å². The zero-order valence-corrected chi connectivity index (χ0v) is 12.4. The number of amides is 2. The maximum Gasteiger partial charge on any atom is 0.332 e. The number of carbonyl (C=O) groups is 3. The highest BCUT2D eigenvalue weighted by Gasteiger charge is 2.30. The van der Waals surface area contributed by atoms with E-state index in [-0.39, 0.29) is 17.9 Å². The monoisotopic (exact) mass is 300 g/mol. The number of carboxylic acid groups (broad SMARTS) is 1. The molecule has 1 rings (SSSR count). The summed E-state index contributed by atoms with van der Waals surface area (Å²) in [7, 11) is 0. The minimum absolute atomic E-state index is 0.0380.